The highest BCUT2D eigenvalue weighted by Gasteiger charge is 2.31. The van der Waals surface area contributed by atoms with Crippen LogP contribution in [0.1, 0.15) is 11.1 Å². The second-order valence-corrected chi connectivity index (χ2v) is 7.11. The Morgan fingerprint density at radius 1 is 1.06 bits per heavy atom. The van der Waals surface area contributed by atoms with Crippen LogP contribution in [0, 0.1) is 0 Å². The number of carbonyl (C=O) groups excluding carboxylic acids is 3. The molecule has 0 radical (unpaired) electrons. The number of halogens is 3. The fourth-order valence-electron chi connectivity index (χ4n) is 3.40. The predicted octanol–water partition coefficient (Wildman–Crippen LogP) is 1.85. The van der Waals surface area contributed by atoms with E-state index in [1.165, 1.54) is 17.0 Å². The number of carbonyl (C=O) groups is 3. The van der Waals surface area contributed by atoms with Crippen LogP contribution in [-0.4, -0.2) is 53.8 Å². The number of ether oxygens (including phenoxy) is 1. The maximum Gasteiger partial charge on any atom is 0.417 e. The molecular weight excluding hydrogens is 417 g/mol. The summed E-state index contributed by atoms with van der Waals surface area (Å²) in [5, 5.41) is 2.49. The summed E-state index contributed by atoms with van der Waals surface area (Å²) in [6, 6.07) is 6.96. The Hall–Kier alpha value is -3.63. The van der Waals surface area contributed by atoms with Gasteiger partial charge < -0.3 is 19.9 Å². The summed E-state index contributed by atoms with van der Waals surface area (Å²) in [5.74, 6) is -1.21. The summed E-state index contributed by atoms with van der Waals surface area (Å²) in [6.07, 6.45) is -3.51. The average molecular weight is 434 g/mol. The van der Waals surface area contributed by atoms with Gasteiger partial charge >= 0.3 is 24.0 Å². The van der Waals surface area contributed by atoms with Crippen molar-refractivity contribution in [3.8, 4) is 5.75 Å². The van der Waals surface area contributed by atoms with Crippen LogP contribution < -0.4 is 15.0 Å². The number of esters is 1. The first kappa shape index (κ1) is 20.6. The van der Waals surface area contributed by atoms with Gasteiger partial charge in [-0.2, -0.15) is 13.2 Å². The van der Waals surface area contributed by atoms with Crippen molar-refractivity contribution in [1.82, 2.24) is 9.88 Å². The minimum absolute atomic E-state index is 0.167. The molecule has 0 bridgehead atoms. The Labute approximate surface area is 174 Å². The second-order valence-electron chi connectivity index (χ2n) is 7.11. The van der Waals surface area contributed by atoms with Crippen molar-refractivity contribution in [3.63, 3.8) is 0 Å². The number of benzene rings is 1. The van der Waals surface area contributed by atoms with E-state index in [0.717, 1.165) is 12.3 Å². The summed E-state index contributed by atoms with van der Waals surface area (Å²) in [7, 11) is 0. The molecule has 162 valence electrons. The molecule has 1 aromatic heterocycles. The molecule has 2 aromatic rings. The number of anilines is 2. The van der Waals surface area contributed by atoms with Gasteiger partial charge in [0.15, 0.2) is 0 Å². The molecule has 31 heavy (non-hydrogen) atoms. The molecule has 0 spiro atoms. The van der Waals surface area contributed by atoms with E-state index in [9.17, 15) is 27.6 Å². The van der Waals surface area contributed by atoms with Gasteiger partial charge in [0, 0.05) is 49.7 Å². The first-order chi connectivity index (χ1) is 14.7. The molecule has 1 fully saturated rings. The number of fused-ring (bicyclic) bond motifs is 1. The van der Waals surface area contributed by atoms with Gasteiger partial charge in [-0.1, -0.05) is 6.07 Å². The topological polar surface area (TPSA) is 91.8 Å². The minimum atomic E-state index is -4.45. The monoisotopic (exact) mass is 434 g/mol. The van der Waals surface area contributed by atoms with Crippen LogP contribution >= 0.6 is 0 Å². The average Bonchev–Trinajstić information content (AvgIpc) is 3.12. The predicted molar refractivity (Wildman–Crippen MR) is 102 cm³/mol. The van der Waals surface area contributed by atoms with Crippen molar-refractivity contribution in [2.45, 2.75) is 12.6 Å². The van der Waals surface area contributed by atoms with E-state index in [1.807, 2.05) is 0 Å². The highest BCUT2D eigenvalue weighted by molar-refractivity contribution is 6.39. The van der Waals surface area contributed by atoms with E-state index in [2.05, 4.69) is 10.3 Å². The van der Waals surface area contributed by atoms with Crippen molar-refractivity contribution in [2.24, 2.45) is 0 Å². The van der Waals surface area contributed by atoms with Crippen molar-refractivity contribution >= 4 is 29.3 Å². The summed E-state index contributed by atoms with van der Waals surface area (Å²) >= 11 is 0. The van der Waals surface area contributed by atoms with Crippen molar-refractivity contribution in [2.75, 3.05) is 36.4 Å². The van der Waals surface area contributed by atoms with Crippen molar-refractivity contribution in [1.29, 1.82) is 0 Å². The third kappa shape index (κ3) is 4.44. The zero-order chi connectivity index (χ0) is 22.2. The first-order valence-corrected chi connectivity index (χ1v) is 9.43. The Bertz CT molecular complexity index is 1030. The molecule has 1 saturated heterocycles. The molecule has 1 aromatic carbocycles. The molecule has 0 saturated carbocycles. The van der Waals surface area contributed by atoms with E-state index < -0.39 is 23.6 Å². The number of aromatic nitrogens is 1. The highest BCUT2D eigenvalue weighted by atomic mass is 19.4. The Morgan fingerprint density at radius 2 is 1.81 bits per heavy atom. The number of hydrogen-bond acceptors (Lipinski definition) is 6. The number of alkyl halides is 3. The molecular formula is C20H17F3N4O4. The van der Waals surface area contributed by atoms with Gasteiger partial charge in [0.05, 0.1) is 12.0 Å². The van der Waals surface area contributed by atoms with Gasteiger partial charge in [-0.05, 0) is 18.2 Å². The van der Waals surface area contributed by atoms with E-state index in [4.69, 9.17) is 4.74 Å². The maximum atomic E-state index is 12.7. The largest absolute Gasteiger partial charge is 0.426 e. The van der Waals surface area contributed by atoms with E-state index in [1.54, 1.807) is 17.0 Å². The van der Waals surface area contributed by atoms with Gasteiger partial charge in [0.1, 0.15) is 11.6 Å². The van der Waals surface area contributed by atoms with Gasteiger partial charge in [-0.15, -0.1) is 0 Å². The Kier molecular flexibility index (Phi) is 5.25. The standard InChI is InChI=1S/C20H17F3N4O4/c21-20(22,23)13-2-4-16(24-11-13)26-5-7-27(8-6-26)19(30)18(29)25-14-3-1-12-9-17(28)31-15(12)10-14/h1-4,10-11H,5-9H2,(H,25,29). The number of pyridine rings is 1. The molecule has 1 N–H and O–H groups in total. The van der Waals surface area contributed by atoms with Crippen molar-refractivity contribution in [3.05, 3.63) is 47.7 Å². The lowest BCUT2D eigenvalue weighted by atomic mass is 10.1. The van der Waals surface area contributed by atoms with E-state index in [-0.39, 0.29) is 25.5 Å². The number of nitrogens with zero attached hydrogens (tertiary/aromatic N) is 3. The summed E-state index contributed by atoms with van der Waals surface area (Å²) in [6.45, 7) is 1.09. The molecule has 2 aliphatic rings. The van der Waals surface area contributed by atoms with Crippen LogP contribution in [0.15, 0.2) is 36.5 Å². The van der Waals surface area contributed by atoms with Crippen LogP contribution in [0.25, 0.3) is 0 Å². The number of hydrogen-bond donors (Lipinski definition) is 1. The van der Waals surface area contributed by atoms with Gasteiger partial charge in [-0.3, -0.25) is 14.4 Å². The lowest BCUT2D eigenvalue weighted by Crippen LogP contribution is -2.51. The number of piperazine rings is 1. The van der Waals surface area contributed by atoms with Crippen molar-refractivity contribution < 1.29 is 32.3 Å². The van der Waals surface area contributed by atoms with E-state index in [0.29, 0.717) is 35.9 Å². The molecule has 0 atom stereocenters. The molecule has 0 unspecified atom stereocenters. The third-order valence-electron chi connectivity index (χ3n) is 5.04. The molecule has 0 aliphatic carbocycles. The molecule has 11 heteroatoms. The van der Waals surface area contributed by atoms with Crippen LogP contribution in [0.5, 0.6) is 5.75 Å². The summed E-state index contributed by atoms with van der Waals surface area (Å²) < 4.78 is 43.0. The second kappa shape index (κ2) is 7.89. The highest BCUT2D eigenvalue weighted by Crippen LogP contribution is 2.30. The lowest BCUT2D eigenvalue weighted by molar-refractivity contribution is -0.143. The van der Waals surface area contributed by atoms with Crippen LogP contribution in [0.4, 0.5) is 24.7 Å². The molecule has 2 amide bonds. The quantitative estimate of drug-likeness (QED) is 0.441. The van der Waals surface area contributed by atoms with Crippen LogP contribution in [0.3, 0.4) is 0 Å². The van der Waals surface area contributed by atoms with E-state index >= 15 is 0 Å². The van der Waals surface area contributed by atoms with Gasteiger partial charge in [0.25, 0.3) is 0 Å². The zero-order valence-electron chi connectivity index (χ0n) is 16.1. The molecule has 3 heterocycles. The number of amides is 2. The summed E-state index contributed by atoms with van der Waals surface area (Å²) in [4.78, 5) is 43.0. The number of nitrogens with one attached hydrogen (secondary N) is 1. The van der Waals surface area contributed by atoms with Gasteiger partial charge in [0.2, 0.25) is 0 Å². The Morgan fingerprint density at radius 3 is 2.45 bits per heavy atom. The van der Waals surface area contributed by atoms with Crippen LogP contribution in [-0.2, 0) is 27.0 Å². The number of rotatable bonds is 2. The zero-order valence-corrected chi connectivity index (χ0v) is 16.1. The molecule has 2 aliphatic heterocycles. The van der Waals surface area contributed by atoms with Crippen LogP contribution in [0.2, 0.25) is 0 Å². The summed E-state index contributed by atoms with van der Waals surface area (Å²) in [5.41, 5.74) is 0.213. The SMILES string of the molecule is O=C1Cc2ccc(NC(=O)C(=O)N3CCN(c4ccc(C(F)(F)F)cn4)CC3)cc2O1. The Balaban J connectivity index is 1.32. The third-order valence-corrected chi connectivity index (χ3v) is 5.04. The lowest BCUT2D eigenvalue weighted by Gasteiger charge is -2.35. The van der Waals surface area contributed by atoms with Gasteiger partial charge in [-0.25, -0.2) is 4.98 Å². The smallest absolute Gasteiger partial charge is 0.417 e. The normalized spacial score (nSPS) is 16.0. The maximum absolute atomic E-state index is 12.7. The minimum Gasteiger partial charge on any atom is -0.426 e. The molecule has 8 nitrogen and oxygen atoms in total. The first-order valence-electron chi connectivity index (χ1n) is 9.43. The fraction of sp³-hybridized carbons (Fsp3) is 0.300. The fourth-order valence-corrected chi connectivity index (χ4v) is 3.40. The molecule has 4 rings (SSSR count).